The van der Waals surface area contributed by atoms with Crippen LogP contribution < -0.4 is 5.32 Å². The number of likely N-dealkylation sites (N-methyl/N-ethyl adjacent to an activating group) is 1. The van der Waals surface area contributed by atoms with E-state index in [-0.39, 0.29) is 11.9 Å². The minimum atomic E-state index is 0.0251. The van der Waals surface area contributed by atoms with Gasteiger partial charge in [0.05, 0.1) is 0 Å². The average Bonchev–Trinajstić information content (AvgIpc) is 2.37. The van der Waals surface area contributed by atoms with E-state index in [9.17, 15) is 4.79 Å². The van der Waals surface area contributed by atoms with Gasteiger partial charge in [-0.25, -0.2) is 0 Å². The first-order chi connectivity index (χ1) is 9.56. The number of fused-ring (bicyclic) bond motifs is 1. The molecule has 0 fully saturated rings. The van der Waals surface area contributed by atoms with Crippen LogP contribution in [0.3, 0.4) is 0 Å². The van der Waals surface area contributed by atoms with Crippen LogP contribution in [-0.2, 0) is 11.2 Å². The highest BCUT2D eigenvalue weighted by atomic mass is 16.1. The van der Waals surface area contributed by atoms with Crippen molar-refractivity contribution in [3.8, 4) is 0 Å². The summed E-state index contributed by atoms with van der Waals surface area (Å²) in [7, 11) is 4.05. The number of nitrogens with one attached hydrogen (secondary N) is 1. The van der Waals surface area contributed by atoms with Crippen LogP contribution in [0.4, 0.5) is 0 Å². The van der Waals surface area contributed by atoms with Crippen LogP contribution >= 0.6 is 0 Å². The van der Waals surface area contributed by atoms with Gasteiger partial charge in [-0.2, -0.15) is 0 Å². The van der Waals surface area contributed by atoms with Gasteiger partial charge in [0.15, 0.2) is 0 Å². The zero-order valence-electron chi connectivity index (χ0n) is 12.4. The highest BCUT2D eigenvalue weighted by molar-refractivity contribution is 5.85. The maximum atomic E-state index is 11.4. The summed E-state index contributed by atoms with van der Waals surface area (Å²) >= 11 is 0. The molecular formula is C17H22N2O. The molecule has 20 heavy (non-hydrogen) atoms. The smallest absolute Gasteiger partial charge is 0.217 e. The number of hydrogen-bond acceptors (Lipinski definition) is 2. The molecule has 0 aliphatic rings. The van der Waals surface area contributed by atoms with Crippen LogP contribution in [0.15, 0.2) is 42.5 Å². The van der Waals surface area contributed by atoms with E-state index in [4.69, 9.17) is 0 Å². The van der Waals surface area contributed by atoms with Gasteiger partial charge >= 0.3 is 0 Å². The second-order valence-electron chi connectivity index (χ2n) is 5.50. The summed E-state index contributed by atoms with van der Waals surface area (Å²) in [5.41, 5.74) is 1.28. The highest BCUT2D eigenvalue weighted by Crippen LogP contribution is 2.19. The van der Waals surface area contributed by atoms with E-state index in [1.54, 1.807) is 6.92 Å². The first-order valence-electron chi connectivity index (χ1n) is 6.94. The second-order valence-corrected chi connectivity index (χ2v) is 5.50. The molecule has 3 heteroatoms. The van der Waals surface area contributed by atoms with E-state index in [1.165, 1.54) is 16.3 Å². The van der Waals surface area contributed by atoms with Crippen LogP contribution in [0.2, 0.25) is 0 Å². The quantitative estimate of drug-likeness (QED) is 0.905. The van der Waals surface area contributed by atoms with Gasteiger partial charge in [0, 0.05) is 19.5 Å². The van der Waals surface area contributed by atoms with Gasteiger partial charge in [0.25, 0.3) is 0 Å². The maximum absolute atomic E-state index is 11.4. The summed E-state index contributed by atoms with van der Waals surface area (Å²) in [6.45, 7) is 2.41. The van der Waals surface area contributed by atoms with E-state index in [2.05, 4.69) is 52.7 Å². The first-order valence-corrected chi connectivity index (χ1v) is 6.94. The molecule has 0 saturated heterocycles. The third kappa shape index (κ3) is 3.81. The lowest BCUT2D eigenvalue weighted by Crippen LogP contribution is -2.42. The molecule has 0 aliphatic carbocycles. The monoisotopic (exact) mass is 270 g/mol. The fourth-order valence-electron chi connectivity index (χ4n) is 2.63. The lowest BCUT2D eigenvalue weighted by Gasteiger charge is -2.22. The summed E-state index contributed by atoms with van der Waals surface area (Å²) in [5.74, 6) is 0.0251. The van der Waals surface area contributed by atoms with E-state index in [1.807, 2.05) is 14.1 Å². The number of nitrogens with zero attached hydrogens (tertiary/aromatic N) is 1. The fraction of sp³-hybridized carbons (Fsp3) is 0.353. The minimum Gasteiger partial charge on any atom is -0.352 e. The number of rotatable bonds is 5. The molecule has 2 aromatic rings. The number of amides is 1. The van der Waals surface area contributed by atoms with Crippen molar-refractivity contribution in [2.45, 2.75) is 19.4 Å². The Morgan fingerprint density at radius 1 is 1.15 bits per heavy atom. The SMILES string of the molecule is CC(=O)NC(Cc1cccc2ccccc12)CN(C)C. The Balaban J connectivity index is 2.25. The molecule has 1 unspecified atom stereocenters. The number of carbonyl (C=O) groups is 1. The number of benzene rings is 2. The molecule has 0 aromatic heterocycles. The van der Waals surface area contributed by atoms with Crippen LogP contribution in [0.1, 0.15) is 12.5 Å². The standard InChI is InChI=1S/C17H22N2O/c1-13(20)18-16(12-19(2)3)11-15-9-6-8-14-7-4-5-10-17(14)15/h4-10,16H,11-12H2,1-3H3,(H,18,20). The Kier molecular flexibility index (Phi) is 4.74. The van der Waals surface area contributed by atoms with Gasteiger partial charge in [0.1, 0.15) is 0 Å². The molecule has 0 radical (unpaired) electrons. The Morgan fingerprint density at radius 2 is 1.85 bits per heavy atom. The van der Waals surface area contributed by atoms with Gasteiger partial charge in [-0.15, -0.1) is 0 Å². The van der Waals surface area contributed by atoms with Crippen molar-refractivity contribution in [1.29, 1.82) is 0 Å². The van der Waals surface area contributed by atoms with E-state index >= 15 is 0 Å². The van der Waals surface area contributed by atoms with E-state index in [0.29, 0.717) is 0 Å². The molecule has 0 aliphatic heterocycles. The summed E-state index contributed by atoms with van der Waals surface area (Å²) in [6, 6.07) is 14.9. The van der Waals surface area contributed by atoms with E-state index in [0.717, 1.165) is 13.0 Å². The number of carbonyl (C=O) groups excluding carboxylic acids is 1. The molecule has 0 saturated carbocycles. The molecule has 2 rings (SSSR count). The predicted molar refractivity (Wildman–Crippen MR) is 83.8 cm³/mol. The summed E-state index contributed by atoms with van der Waals surface area (Å²) in [4.78, 5) is 13.5. The first kappa shape index (κ1) is 14.5. The zero-order valence-corrected chi connectivity index (χ0v) is 12.4. The lowest BCUT2D eigenvalue weighted by atomic mass is 9.98. The van der Waals surface area contributed by atoms with Crippen LogP contribution in [0, 0.1) is 0 Å². The maximum Gasteiger partial charge on any atom is 0.217 e. The average molecular weight is 270 g/mol. The van der Waals surface area contributed by atoms with E-state index < -0.39 is 0 Å². The summed E-state index contributed by atoms with van der Waals surface area (Å²) in [6.07, 6.45) is 0.846. The predicted octanol–water partition coefficient (Wildman–Crippen LogP) is 2.45. The molecule has 0 spiro atoms. The van der Waals surface area contributed by atoms with Crippen molar-refractivity contribution in [2.24, 2.45) is 0 Å². The molecule has 106 valence electrons. The minimum absolute atomic E-state index is 0.0251. The molecule has 3 nitrogen and oxygen atoms in total. The largest absolute Gasteiger partial charge is 0.352 e. The van der Waals surface area contributed by atoms with Crippen molar-refractivity contribution in [3.05, 3.63) is 48.0 Å². The van der Waals surface area contributed by atoms with Crippen LogP contribution in [0.5, 0.6) is 0 Å². The molecule has 2 aromatic carbocycles. The molecule has 1 N–H and O–H groups in total. The normalized spacial score (nSPS) is 12.6. The Bertz CT molecular complexity index is 587. The van der Waals surface area contributed by atoms with Gasteiger partial charge in [-0.05, 0) is 36.9 Å². The third-order valence-electron chi connectivity index (χ3n) is 3.34. The zero-order chi connectivity index (χ0) is 14.5. The molecule has 0 heterocycles. The Morgan fingerprint density at radius 3 is 2.55 bits per heavy atom. The Hall–Kier alpha value is -1.87. The van der Waals surface area contributed by atoms with Crippen LogP contribution in [0.25, 0.3) is 10.8 Å². The fourth-order valence-corrected chi connectivity index (χ4v) is 2.63. The van der Waals surface area contributed by atoms with Crippen molar-refractivity contribution in [2.75, 3.05) is 20.6 Å². The molecule has 0 bridgehead atoms. The summed E-state index contributed by atoms with van der Waals surface area (Å²) in [5, 5.41) is 5.56. The van der Waals surface area contributed by atoms with Gasteiger partial charge < -0.3 is 10.2 Å². The Labute approximate surface area is 120 Å². The number of hydrogen-bond donors (Lipinski definition) is 1. The van der Waals surface area contributed by atoms with Crippen molar-refractivity contribution < 1.29 is 4.79 Å². The molecular weight excluding hydrogens is 248 g/mol. The van der Waals surface area contributed by atoms with Crippen molar-refractivity contribution in [1.82, 2.24) is 10.2 Å². The second kappa shape index (κ2) is 6.53. The van der Waals surface area contributed by atoms with Gasteiger partial charge in [-0.1, -0.05) is 42.5 Å². The van der Waals surface area contributed by atoms with Gasteiger partial charge in [0.2, 0.25) is 5.91 Å². The van der Waals surface area contributed by atoms with Gasteiger partial charge in [-0.3, -0.25) is 4.79 Å². The summed E-state index contributed by atoms with van der Waals surface area (Å²) < 4.78 is 0. The lowest BCUT2D eigenvalue weighted by molar-refractivity contribution is -0.119. The highest BCUT2D eigenvalue weighted by Gasteiger charge is 2.13. The van der Waals surface area contributed by atoms with Crippen molar-refractivity contribution in [3.63, 3.8) is 0 Å². The molecule has 1 amide bonds. The molecule has 1 atom stereocenters. The van der Waals surface area contributed by atoms with Crippen LogP contribution in [-0.4, -0.2) is 37.5 Å². The topological polar surface area (TPSA) is 32.3 Å². The van der Waals surface area contributed by atoms with Crippen molar-refractivity contribution >= 4 is 16.7 Å². The third-order valence-corrected chi connectivity index (χ3v) is 3.34.